The summed E-state index contributed by atoms with van der Waals surface area (Å²) < 4.78 is 21.2. The second-order valence-electron chi connectivity index (χ2n) is 13.3. The monoisotopic (exact) mass is 887 g/mol. The molecule has 0 saturated heterocycles. The van der Waals surface area contributed by atoms with Crippen molar-refractivity contribution in [2.45, 2.75) is 56.8 Å². The Balaban J connectivity index is 0.000000241. The molecule has 0 spiro atoms. The topological polar surface area (TPSA) is 25.8 Å². The van der Waals surface area contributed by atoms with Crippen molar-refractivity contribution >= 4 is 59.9 Å². The first kappa shape index (κ1) is 33.1. The number of rotatable bonds is 6. The zero-order valence-electron chi connectivity index (χ0n) is 30.7. The van der Waals surface area contributed by atoms with Crippen molar-refractivity contribution in [3.63, 3.8) is 0 Å². The average molecular weight is 886 g/mol. The van der Waals surface area contributed by atoms with Crippen molar-refractivity contribution in [3.8, 4) is 22.5 Å². The third-order valence-electron chi connectivity index (χ3n) is 8.68. The molecule has 1 unspecified atom stereocenters. The van der Waals surface area contributed by atoms with Crippen molar-refractivity contribution < 1.29 is 22.8 Å². The summed E-state index contributed by atoms with van der Waals surface area (Å²) in [5, 5.41) is 4.70. The number of fused-ring (bicyclic) bond motifs is 5. The van der Waals surface area contributed by atoms with E-state index in [4.69, 9.17) is 2.74 Å². The fourth-order valence-electron chi connectivity index (χ4n) is 5.81. The van der Waals surface area contributed by atoms with Gasteiger partial charge in [0.25, 0.3) is 0 Å². The third kappa shape index (κ3) is 7.43. The van der Waals surface area contributed by atoms with Gasteiger partial charge in [0.1, 0.15) is 0 Å². The van der Waals surface area contributed by atoms with Crippen molar-refractivity contribution in [2.24, 2.45) is 0 Å². The average Bonchev–Trinajstić information content (AvgIpc) is 3.47. The summed E-state index contributed by atoms with van der Waals surface area (Å²) >= 11 is 0.0130. The minimum atomic E-state index is -1.72. The van der Waals surface area contributed by atoms with E-state index in [2.05, 4.69) is 88.4 Å². The Morgan fingerprint density at radius 1 is 0.833 bits per heavy atom. The molecule has 3 aromatic heterocycles. The molecule has 4 aromatic carbocycles. The van der Waals surface area contributed by atoms with Gasteiger partial charge in [0.15, 0.2) is 0 Å². The van der Waals surface area contributed by atoms with Gasteiger partial charge in [-0.05, 0) is 62.6 Å². The molecular weight excluding hydrogens is 841 g/mol. The normalized spacial score (nSPS) is 13.6. The number of aromatic nitrogens is 2. The fraction of sp³-hybridized carbons (Fsp3) is 0.209. The zero-order valence-corrected chi connectivity index (χ0v) is 34.0. The molecule has 2 nitrogen and oxygen atoms in total. The maximum atomic E-state index is 8.75. The number of hydrogen-bond donors (Lipinski definition) is 0. The number of allylic oxidation sites excluding steroid dienone is 1. The molecule has 0 aliphatic heterocycles. The molecule has 0 bridgehead atoms. The van der Waals surface area contributed by atoms with E-state index in [0.29, 0.717) is 0 Å². The summed E-state index contributed by atoms with van der Waals surface area (Å²) in [6.45, 7) is 11.7. The summed E-state index contributed by atoms with van der Waals surface area (Å²) in [6, 6.07) is 37.5. The molecule has 245 valence electrons. The summed E-state index contributed by atoms with van der Waals surface area (Å²) in [6.07, 6.45) is 3.81. The molecule has 48 heavy (non-hydrogen) atoms. The van der Waals surface area contributed by atoms with Gasteiger partial charge in [0.05, 0.1) is 0 Å². The smallest absolute Gasteiger partial charge is 0 e. The SMILES string of the molecule is [2H]C(C)(C)c1cc2sc3c(-c4cc(C([2H])(C)C(=C)C)ccn4)[c-]ccc3c2c2ccccc12.[CH3][Ge]([CH3])([CH3])[c]1ccc(-c2[c-]cccc2)nc1.[Ir]. The molecule has 3 heterocycles. The van der Waals surface area contributed by atoms with Crippen LogP contribution in [0.2, 0.25) is 17.3 Å². The van der Waals surface area contributed by atoms with E-state index in [9.17, 15) is 0 Å². The fourth-order valence-corrected chi connectivity index (χ4v) is 9.24. The molecule has 0 aliphatic rings. The van der Waals surface area contributed by atoms with Gasteiger partial charge < -0.3 is 4.98 Å². The van der Waals surface area contributed by atoms with E-state index in [1.165, 1.54) is 25.3 Å². The Kier molecular flexibility index (Phi) is 10.4. The number of pyridine rings is 2. The molecule has 5 heteroatoms. The summed E-state index contributed by atoms with van der Waals surface area (Å²) in [7, 11) is 0. The van der Waals surface area contributed by atoms with Crippen LogP contribution in [-0.4, -0.2) is 23.2 Å². The molecule has 1 radical (unpaired) electrons. The number of nitrogens with zero attached hydrogens (tertiary/aromatic N) is 2. The standard InChI is InChI=1S/C29H26NS.C14H16GeN.Ir/c1-17(2)19(5)20-13-14-30-26(15-20)23-11-8-12-24-28-22-10-7-6-9-21(22)25(18(3)4)16-27(28)31-29(23)24;1-15(2,3)13-9-10-14(16-11-13)12-7-5-4-6-8-12;/h6-10,12-16,18-19H,1H2,2-5H3;4-7,9-11H,1-3H3;/q2*-1;/i18D,19D;;. The first-order valence-corrected chi connectivity index (χ1v) is 24.2. The van der Waals surface area contributed by atoms with Crippen LogP contribution in [-0.2, 0) is 20.1 Å². The summed E-state index contributed by atoms with van der Waals surface area (Å²) in [4.78, 5) is 9.19. The van der Waals surface area contributed by atoms with Crippen LogP contribution >= 0.6 is 11.3 Å². The van der Waals surface area contributed by atoms with E-state index < -0.39 is 25.1 Å². The van der Waals surface area contributed by atoms with Crippen molar-refractivity contribution in [1.82, 2.24) is 9.97 Å². The summed E-state index contributed by atoms with van der Waals surface area (Å²) in [5.41, 5.74) is 6.54. The minimum Gasteiger partial charge on any atom is 0 e. The molecule has 0 saturated carbocycles. The van der Waals surface area contributed by atoms with Gasteiger partial charge in [-0.2, -0.15) is 11.3 Å². The molecule has 0 aliphatic carbocycles. The Morgan fingerprint density at radius 2 is 1.58 bits per heavy atom. The van der Waals surface area contributed by atoms with Crippen LogP contribution < -0.4 is 4.40 Å². The number of hydrogen-bond acceptors (Lipinski definition) is 3. The van der Waals surface area contributed by atoms with E-state index in [1.807, 2.05) is 82.4 Å². The predicted octanol–water partition coefficient (Wildman–Crippen LogP) is 12.0. The van der Waals surface area contributed by atoms with E-state index in [0.717, 1.165) is 49.3 Å². The van der Waals surface area contributed by atoms with Gasteiger partial charge in [0.2, 0.25) is 0 Å². The molecule has 0 N–H and O–H groups in total. The van der Waals surface area contributed by atoms with Crippen LogP contribution in [0.1, 0.15) is 53.4 Å². The van der Waals surface area contributed by atoms with Gasteiger partial charge in [-0.25, -0.2) is 0 Å². The van der Waals surface area contributed by atoms with Gasteiger partial charge in [-0.1, -0.05) is 68.6 Å². The Hall–Kier alpha value is -3.41. The van der Waals surface area contributed by atoms with Crippen molar-refractivity contribution in [2.75, 3.05) is 0 Å². The Morgan fingerprint density at radius 3 is 2.23 bits per heavy atom. The molecule has 1 atom stereocenters. The van der Waals surface area contributed by atoms with Crippen LogP contribution in [0.4, 0.5) is 0 Å². The Labute approximate surface area is 308 Å². The second kappa shape index (κ2) is 15.0. The van der Waals surface area contributed by atoms with E-state index in [1.54, 1.807) is 17.5 Å². The van der Waals surface area contributed by atoms with Crippen LogP contribution in [0.5, 0.6) is 0 Å². The summed E-state index contributed by atoms with van der Waals surface area (Å²) in [5.74, 6) is 5.56. The third-order valence-corrected chi connectivity index (χ3v) is 14.1. The van der Waals surface area contributed by atoms with E-state index >= 15 is 0 Å². The van der Waals surface area contributed by atoms with Crippen molar-refractivity contribution in [3.05, 3.63) is 139 Å². The van der Waals surface area contributed by atoms with Crippen LogP contribution in [0.25, 0.3) is 53.5 Å². The zero-order chi connectivity index (χ0) is 35.1. The first-order chi connectivity index (χ1) is 23.2. The molecule has 7 aromatic rings. The minimum absolute atomic E-state index is 0. The van der Waals surface area contributed by atoms with E-state index in [-0.39, 0.29) is 20.1 Å². The quantitative estimate of drug-likeness (QED) is 0.0945. The van der Waals surface area contributed by atoms with Gasteiger partial charge in [0, 0.05) is 39.6 Å². The van der Waals surface area contributed by atoms with Crippen LogP contribution in [0.15, 0.2) is 116 Å². The van der Waals surface area contributed by atoms with Gasteiger partial charge in [-0.15, -0.1) is 23.8 Å². The largest absolute Gasteiger partial charge is 0 e. The van der Waals surface area contributed by atoms with Crippen molar-refractivity contribution in [1.29, 1.82) is 0 Å². The predicted molar refractivity (Wildman–Crippen MR) is 208 cm³/mol. The maximum absolute atomic E-state index is 8.75. The number of benzene rings is 4. The number of thiophene rings is 1. The first-order valence-electron chi connectivity index (χ1n) is 17.0. The molecule has 7 rings (SSSR count). The molecule has 0 fully saturated rings. The second-order valence-corrected chi connectivity index (χ2v) is 25.0. The molecular formula is C43H42GeIrN2S-2. The van der Waals surface area contributed by atoms with Crippen LogP contribution in [0.3, 0.4) is 0 Å². The molecule has 0 amide bonds. The Bertz CT molecular complexity index is 2300. The van der Waals surface area contributed by atoms with Gasteiger partial charge in [-0.3, -0.25) is 0 Å². The van der Waals surface area contributed by atoms with Crippen LogP contribution in [0, 0.1) is 12.1 Å². The van der Waals surface area contributed by atoms with Gasteiger partial charge >= 0.3 is 99.8 Å². The maximum Gasteiger partial charge on any atom is 0 e.